The lowest BCUT2D eigenvalue weighted by Crippen LogP contribution is -2.44. The molecule has 1 aromatic carbocycles. The Hall–Kier alpha value is -2.90. The van der Waals surface area contributed by atoms with Gasteiger partial charge in [0.1, 0.15) is 6.04 Å². The van der Waals surface area contributed by atoms with Crippen molar-refractivity contribution in [1.82, 2.24) is 5.32 Å². The molecule has 1 atom stereocenters. The highest BCUT2D eigenvalue weighted by atomic mass is 16.4. The van der Waals surface area contributed by atoms with E-state index < -0.39 is 23.8 Å². The Morgan fingerprint density at radius 1 is 1.04 bits per heavy atom. The van der Waals surface area contributed by atoms with Gasteiger partial charge in [0.05, 0.1) is 0 Å². The molecule has 8 nitrogen and oxygen atoms in total. The summed E-state index contributed by atoms with van der Waals surface area (Å²) in [5.41, 5.74) is 1.26. The summed E-state index contributed by atoms with van der Waals surface area (Å²) in [6.07, 6.45) is 0. The first-order chi connectivity index (χ1) is 11.4. The van der Waals surface area contributed by atoms with Crippen molar-refractivity contribution in [3.05, 3.63) is 23.8 Å². The first kappa shape index (κ1) is 20.1. The molecular weight excluding hydrogens is 326 g/mol. The molecule has 25 heavy (non-hydrogen) atoms. The van der Waals surface area contributed by atoms with E-state index in [4.69, 9.17) is 5.11 Å². The van der Waals surface area contributed by atoms with Crippen molar-refractivity contribution in [2.24, 2.45) is 0 Å². The predicted molar refractivity (Wildman–Crippen MR) is 93.3 cm³/mol. The van der Waals surface area contributed by atoms with Gasteiger partial charge in [-0.3, -0.25) is 19.2 Å². The maximum atomic E-state index is 12.1. The second-order valence-electron chi connectivity index (χ2n) is 6.68. The van der Waals surface area contributed by atoms with Crippen LogP contribution in [0.4, 0.5) is 11.4 Å². The molecule has 8 heteroatoms. The minimum Gasteiger partial charge on any atom is -0.480 e. The van der Waals surface area contributed by atoms with E-state index in [0.717, 1.165) is 5.56 Å². The summed E-state index contributed by atoms with van der Waals surface area (Å²) in [6.45, 7) is 8.41. The number of amides is 3. The molecule has 1 rings (SSSR count). The maximum Gasteiger partial charge on any atom is 0.325 e. The lowest BCUT2D eigenvalue weighted by molar-refractivity contribution is -0.143. The van der Waals surface area contributed by atoms with E-state index in [1.807, 2.05) is 20.8 Å². The molecule has 0 fully saturated rings. The molecule has 3 amide bonds. The number of carbonyl (C=O) groups is 4. The van der Waals surface area contributed by atoms with Crippen molar-refractivity contribution in [1.29, 1.82) is 0 Å². The van der Waals surface area contributed by atoms with Crippen molar-refractivity contribution in [3.8, 4) is 0 Å². The minimum absolute atomic E-state index is 0.270. The molecular formula is C17H23N3O5. The molecule has 0 bridgehead atoms. The molecule has 0 radical (unpaired) electrons. The summed E-state index contributed by atoms with van der Waals surface area (Å²) >= 11 is 0. The number of nitrogens with one attached hydrogen (secondary N) is 3. The van der Waals surface area contributed by atoms with Gasteiger partial charge in [-0.25, -0.2) is 0 Å². The first-order valence-corrected chi connectivity index (χ1v) is 7.68. The van der Waals surface area contributed by atoms with Crippen LogP contribution in [0.5, 0.6) is 0 Å². The summed E-state index contributed by atoms with van der Waals surface area (Å²) < 4.78 is 0. The fraction of sp³-hybridized carbons (Fsp3) is 0.412. The van der Waals surface area contributed by atoms with Crippen LogP contribution in [0.3, 0.4) is 0 Å². The molecule has 0 aliphatic rings. The van der Waals surface area contributed by atoms with Crippen molar-refractivity contribution >= 4 is 35.1 Å². The van der Waals surface area contributed by atoms with E-state index in [1.54, 1.807) is 18.2 Å². The Balaban J connectivity index is 3.08. The van der Waals surface area contributed by atoms with Gasteiger partial charge in [-0.1, -0.05) is 26.8 Å². The minimum atomic E-state index is -1.25. The van der Waals surface area contributed by atoms with Gasteiger partial charge in [0, 0.05) is 18.3 Å². The van der Waals surface area contributed by atoms with Gasteiger partial charge < -0.3 is 21.1 Å². The van der Waals surface area contributed by atoms with Gasteiger partial charge in [0.25, 0.3) is 0 Å². The number of carboxylic acid groups (broad SMARTS) is 1. The zero-order valence-corrected chi connectivity index (χ0v) is 14.9. The third kappa shape index (κ3) is 5.91. The molecule has 4 N–H and O–H groups in total. The van der Waals surface area contributed by atoms with E-state index in [2.05, 4.69) is 16.0 Å². The van der Waals surface area contributed by atoms with E-state index in [9.17, 15) is 19.2 Å². The molecule has 0 aliphatic heterocycles. The van der Waals surface area contributed by atoms with Crippen LogP contribution in [-0.2, 0) is 24.6 Å². The van der Waals surface area contributed by atoms with Gasteiger partial charge in [-0.05, 0) is 30.0 Å². The number of carbonyl (C=O) groups excluding carboxylic acids is 3. The largest absolute Gasteiger partial charge is 0.480 e. The molecule has 0 aromatic heterocycles. The standard InChI is InChI=1S/C17H23N3O5/c1-9(16(24)25)18-14(22)15(23)20-13-8-11(19-10(2)21)6-7-12(13)17(3,4)5/h6-9H,1-5H3,(H,18,22)(H,19,21)(H,20,23)(H,24,25)/t9-/m0/s1. The fourth-order valence-electron chi connectivity index (χ4n) is 2.09. The Morgan fingerprint density at radius 3 is 2.12 bits per heavy atom. The highest BCUT2D eigenvalue weighted by molar-refractivity contribution is 6.40. The monoisotopic (exact) mass is 349 g/mol. The summed E-state index contributed by atoms with van der Waals surface area (Å²) in [4.78, 5) is 45.9. The number of hydrogen-bond donors (Lipinski definition) is 4. The molecule has 0 spiro atoms. The average molecular weight is 349 g/mol. The molecule has 0 heterocycles. The molecule has 0 saturated carbocycles. The van der Waals surface area contributed by atoms with Gasteiger partial charge >= 0.3 is 17.8 Å². The number of carboxylic acids is 1. The maximum absolute atomic E-state index is 12.1. The molecule has 0 aliphatic carbocycles. The van der Waals surface area contributed by atoms with Crippen LogP contribution >= 0.6 is 0 Å². The van der Waals surface area contributed by atoms with E-state index in [-0.39, 0.29) is 11.3 Å². The van der Waals surface area contributed by atoms with Crippen LogP contribution in [0.25, 0.3) is 0 Å². The average Bonchev–Trinajstić information content (AvgIpc) is 2.45. The van der Waals surface area contributed by atoms with Crippen LogP contribution in [0.1, 0.15) is 40.2 Å². The molecule has 0 saturated heterocycles. The lowest BCUT2D eigenvalue weighted by atomic mass is 9.85. The van der Waals surface area contributed by atoms with Gasteiger partial charge in [-0.2, -0.15) is 0 Å². The van der Waals surface area contributed by atoms with Crippen molar-refractivity contribution in [3.63, 3.8) is 0 Å². The highest BCUT2D eigenvalue weighted by Crippen LogP contribution is 2.31. The first-order valence-electron chi connectivity index (χ1n) is 7.68. The van der Waals surface area contributed by atoms with Crippen molar-refractivity contribution in [2.75, 3.05) is 10.6 Å². The number of rotatable bonds is 4. The predicted octanol–water partition coefficient (Wildman–Crippen LogP) is 1.47. The van der Waals surface area contributed by atoms with E-state index >= 15 is 0 Å². The van der Waals surface area contributed by atoms with Crippen LogP contribution in [-0.4, -0.2) is 34.8 Å². The van der Waals surface area contributed by atoms with Crippen LogP contribution in [0.15, 0.2) is 18.2 Å². The normalized spacial score (nSPS) is 12.0. The Kier molecular flexibility index (Phi) is 6.27. The van der Waals surface area contributed by atoms with E-state index in [0.29, 0.717) is 11.4 Å². The fourth-order valence-corrected chi connectivity index (χ4v) is 2.09. The summed E-state index contributed by atoms with van der Waals surface area (Å²) in [7, 11) is 0. The van der Waals surface area contributed by atoms with Crippen LogP contribution < -0.4 is 16.0 Å². The lowest BCUT2D eigenvalue weighted by Gasteiger charge is -2.24. The van der Waals surface area contributed by atoms with Crippen molar-refractivity contribution in [2.45, 2.75) is 46.1 Å². The van der Waals surface area contributed by atoms with E-state index in [1.165, 1.54) is 13.8 Å². The summed E-state index contributed by atoms with van der Waals surface area (Å²) in [5, 5.41) is 16.0. The van der Waals surface area contributed by atoms with Gasteiger partial charge in [-0.15, -0.1) is 0 Å². The molecule has 0 unspecified atom stereocenters. The zero-order valence-electron chi connectivity index (χ0n) is 14.9. The number of benzene rings is 1. The topological polar surface area (TPSA) is 125 Å². The van der Waals surface area contributed by atoms with Crippen LogP contribution in [0.2, 0.25) is 0 Å². The SMILES string of the molecule is CC(=O)Nc1ccc(C(C)(C)C)c(NC(=O)C(=O)N[C@@H](C)C(=O)O)c1. The third-order valence-corrected chi connectivity index (χ3v) is 3.32. The highest BCUT2D eigenvalue weighted by Gasteiger charge is 2.24. The smallest absolute Gasteiger partial charge is 0.325 e. The second kappa shape index (κ2) is 7.78. The Morgan fingerprint density at radius 2 is 1.64 bits per heavy atom. The Bertz CT molecular complexity index is 707. The summed E-state index contributed by atoms with van der Waals surface area (Å²) in [6, 6.07) is 3.81. The molecule has 1 aromatic rings. The number of aliphatic carboxylic acids is 1. The second-order valence-corrected chi connectivity index (χ2v) is 6.68. The summed E-state index contributed by atoms with van der Waals surface area (Å²) in [5.74, 6) is -3.56. The number of anilines is 2. The van der Waals surface area contributed by atoms with Crippen molar-refractivity contribution < 1.29 is 24.3 Å². The van der Waals surface area contributed by atoms with Gasteiger partial charge in [0.15, 0.2) is 0 Å². The molecule has 136 valence electrons. The quantitative estimate of drug-likeness (QED) is 0.613. The number of hydrogen-bond acceptors (Lipinski definition) is 4. The van der Waals surface area contributed by atoms with Gasteiger partial charge in [0.2, 0.25) is 5.91 Å². The third-order valence-electron chi connectivity index (χ3n) is 3.32. The Labute approximate surface area is 146 Å². The van der Waals surface area contributed by atoms with Crippen LogP contribution in [0, 0.1) is 0 Å². The zero-order chi connectivity index (χ0) is 19.4.